The largest absolute Gasteiger partial charge is 0.334 e. The van der Waals surface area contributed by atoms with Crippen LogP contribution >= 0.6 is 11.6 Å². The standard InChI is InChI=1S/C17H16ClN5O/c1-23-11-13(10-21-23)16-7-2-12(8-19-16)9-20-17(24)22-15-5-3-14(18)4-6-15/h2-8,10-11H,9H2,1H3,(H2,20,22,24). The van der Waals surface area contributed by atoms with E-state index in [9.17, 15) is 4.79 Å². The minimum absolute atomic E-state index is 0.284. The number of halogens is 1. The summed E-state index contributed by atoms with van der Waals surface area (Å²) in [4.78, 5) is 16.3. The molecule has 1 aromatic carbocycles. The molecule has 0 spiro atoms. The Bertz CT molecular complexity index is 827. The van der Waals surface area contributed by atoms with Gasteiger partial charge >= 0.3 is 6.03 Å². The molecule has 122 valence electrons. The maximum Gasteiger partial charge on any atom is 0.319 e. The van der Waals surface area contributed by atoms with Gasteiger partial charge in [0.1, 0.15) is 0 Å². The fourth-order valence-electron chi connectivity index (χ4n) is 2.14. The highest BCUT2D eigenvalue weighted by Crippen LogP contribution is 2.16. The third kappa shape index (κ3) is 4.11. The van der Waals surface area contributed by atoms with E-state index in [0.29, 0.717) is 17.3 Å². The molecule has 0 saturated heterocycles. The van der Waals surface area contributed by atoms with Crippen molar-refractivity contribution in [1.82, 2.24) is 20.1 Å². The number of rotatable bonds is 4. The number of pyridine rings is 1. The number of hydrogen-bond acceptors (Lipinski definition) is 3. The molecule has 2 heterocycles. The number of anilines is 1. The first kappa shape index (κ1) is 16.0. The minimum atomic E-state index is -0.284. The number of hydrogen-bond donors (Lipinski definition) is 2. The van der Waals surface area contributed by atoms with E-state index in [1.807, 2.05) is 25.4 Å². The van der Waals surface area contributed by atoms with Crippen LogP contribution in [0.25, 0.3) is 11.3 Å². The lowest BCUT2D eigenvalue weighted by molar-refractivity contribution is 0.251. The van der Waals surface area contributed by atoms with Gasteiger partial charge in [-0.15, -0.1) is 0 Å². The number of urea groups is 1. The van der Waals surface area contributed by atoms with Gasteiger partial charge in [-0.3, -0.25) is 9.67 Å². The molecular formula is C17H16ClN5O. The Morgan fingerprint density at radius 3 is 2.58 bits per heavy atom. The van der Waals surface area contributed by atoms with E-state index in [1.54, 1.807) is 41.3 Å². The zero-order valence-corrected chi connectivity index (χ0v) is 13.8. The molecule has 7 heteroatoms. The normalized spacial score (nSPS) is 10.4. The van der Waals surface area contributed by atoms with Crippen LogP contribution in [0.15, 0.2) is 55.0 Å². The van der Waals surface area contributed by atoms with Crippen LogP contribution in [-0.2, 0) is 13.6 Å². The summed E-state index contributed by atoms with van der Waals surface area (Å²) in [6.45, 7) is 0.389. The molecule has 0 atom stereocenters. The van der Waals surface area contributed by atoms with Gasteiger partial charge in [-0.05, 0) is 35.9 Å². The van der Waals surface area contributed by atoms with Crippen molar-refractivity contribution in [3.63, 3.8) is 0 Å². The second kappa shape index (κ2) is 7.14. The topological polar surface area (TPSA) is 71.8 Å². The summed E-state index contributed by atoms with van der Waals surface area (Å²) in [5.74, 6) is 0. The summed E-state index contributed by atoms with van der Waals surface area (Å²) in [7, 11) is 1.86. The third-order valence-electron chi connectivity index (χ3n) is 3.38. The van der Waals surface area contributed by atoms with E-state index in [1.165, 1.54) is 0 Å². The van der Waals surface area contributed by atoms with E-state index in [0.717, 1.165) is 16.8 Å². The van der Waals surface area contributed by atoms with Gasteiger partial charge in [0.15, 0.2) is 0 Å². The van der Waals surface area contributed by atoms with Gasteiger partial charge in [-0.25, -0.2) is 4.79 Å². The van der Waals surface area contributed by atoms with Gasteiger partial charge < -0.3 is 10.6 Å². The van der Waals surface area contributed by atoms with Gasteiger partial charge in [0.25, 0.3) is 0 Å². The van der Waals surface area contributed by atoms with E-state index in [2.05, 4.69) is 20.7 Å². The molecule has 0 saturated carbocycles. The van der Waals surface area contributed by atoms with Crippen LogP contribution in [0, 0.1) is 0 Å². The fourth-order valence-corrected chi connectivity index (χ4v) is 2.27. The third-order valence-corrected chi connectivity index (χ3v) is 3.63. The lowest BCUT2D eigenvalue weighted by atomic mass is 10.2. The maximum atomic E-state index is 11.9. The molecule has 24 heavy (non-hydrogen) atoms. The van der Waals surface area contributed by atoms with Crippen LogP contribution in [0.3, 0.4) is 0 Å². The van der Waals surface area contributed by atoms with Crippen molar-refractivity contribution in [2.75, 3.05) is 5.32 Å². The number of benzene rings is 1. The second-order valence-corrected chi connectivity index (χ2v) is 5.71. The van der Waals surface area contributed by atoms with E-state index < -0.39 is 0 Å². The first-order chi connectivity index (χ1) is 11.6. The molecule has 0 unspecified atom stereocenters. The number of carbonyl (C=O) groups excluding carboxylic acids is 1. The van der Waals surface area contributed by atoms with E-state index in [4.69, 9.17) is 11.6 Å². The average molecular weight is 342 g/mol. The first-order valence-corrected chi connectivity index (χ1v) is 7.72. The Morgan fingerprint density at radius 2 is 1.96 bits per heavy atom. The summed E-state index contributed by atoms with van der Waals surface area (Å²) in [6, 6.07) is 10.5. The summed E-state index contributed by atoms with van der Waals surface area (Å²) in [5.41, 5.74) is 3.39. The van der Waals surface area contributed by atoms with Gasteiger partial charge in [0, 0.05) is 42.3 Å². The lowest BCUT2D eigenvalue weighted by Crippen LogP contribution is -2.28. The van der Waals surface area contributed by atoms with Crippen molar-refractivity contribution in [2.24, 2.45) is 7.05 Å². The van der Waals surface area contributed by atoms with Crippen LogP contribution in [0.2, 0.25) is 5.02 Å². The van der Waals surface area contributed by atoms with Gasteiger partial charge in [0.05, 0.1) is 11.9 Å². The van der Waals surface area contributed by atoms with Crippen molar-refractivity contribution in [2.45, 2.75) is 6.54 Å². The lowest BCUT2D eigenvalue weighted by Gasteiger charge is -2.08. The molecule has 2 N–H and O–H groups in total. The molecule has 2 amide bonds. The zero-order valence-electron chi connectivity index (χ0n) is 13.0. The number of amides is 2. The Labute approximate surface area is 144 Å². The molecule has 0 fully saturated rings. The van der Waals surface area contributed by atoms with Crippen LogP contribution in [0.1, 0.15) is 5.56 Å². The predicted molar refractivity (Wildman–Crippen MR) is 93.7 cm³/mol. The summed E-state index contributed by atoms with van der Waals surface area (Å²) >= 11 is 5.81. The molecule has 0 aliphatic carbocycles. The maximum absolute atomic E-state index is 11.9. The van der Waals surface area contributed by atoms with Crippen LogP contribution in [0.4, 0.5) is 10.5 Å². The summed E-state index contributed by atoms with van der Waals surface area (Å²) in [6.07, 6.45) is 5.41. The Balaban J connectivity index is 1.54. The van der Waals surface area contributed by atoms with Crippen LogP contribution in [0.5, 0.6) is 0 Å². The van der Waals surface area contributed by atoms with Crippen molar-refractivity contribution in [1.29, 1.82) is 0 Å². The van der Waals surface area contributed by atoms with Gasteiger partial charge in [-0.1, -0.05) is 17.7 Å². The fraction of sp³-hybridized carbons (Fsp3) is 0.118. The van der Waals surface area contributed by atoms with E-state index >= 15 is 0 Å². The van der Waals surface area contributed by atoms with Crippen molar-refractivity contribution < 1.29 is 4.79 Å². The SMILES string of the molecule is Cn1cc(-c2ccc(CNC(=O)Nc3ccc(Cl)cc3)cn2)cn1. The number of aromatic nitrogens is 3. The summed E-state index contributed by atoms with van der Waals surface area (Å²) < 4.78 is 1.73. The molecule has 6 nitrogen and oxygen atoms in total. The molecule has 0 aliphatic rings. The van der Waals surface area contributed by atoms with E-state index in [-0.39, 0.29) is 6.03 Å². The molecule has 0 bridgehead atoms. The number of nitrogens with zero attached hydrogens (tertiary/aromatic N) is 3. The highest BCUT2D eigenvalue weighted by molar-refractivity contribution is 6.30. The quantitative estimate of drug-likeness (QED) is 0.763. The highest BCUT2D eigenvalue weighted by Gasteiger charge is 2.04. The van der Waals surface area contributed by atoms with Gasteiger partial charge in [-0.2, -0.15) is 5.10 Å². The van der Waals surface area contributed by atoms with Gasteiger partial charge in [0.2, 0.25) is 0 Å². The zero-order chi connectivity index (χ0) is 16.9. The Hall–Kier alpha value is -2.86. The predicted octanol–water partition coefficient (Wildman–Crippen LogP) is 3.46. The van der Waals surface area contributed by atoms with Crippen LogP contribution in [-0.4, -0.2) is 20.8 Å². The highest BCUT2D eigenvalue weighted by atomic mass is 35.5. The average Bonchev–Trinajstić information content (AvgIpc) is 3.02. The second-order valence-electron chi connectivity index (χ2n) is 5.27. The molecule has 2 aromatic heterocycles. The molecule has 0 radical (unpaired) electrons. The molecule has 0 aliphatic heterocycles. The van der Waals surface area contributed by atoms with Crippen molar-refractivity contribution >= 4 is 23.3 Å². The van der Waals surface area contributed by atoms with Crippen molar-refractivity contribution in [3.8, 4) is 11.3 Å². The Kier molecular flexibility index (Phi) is 4.77. The van der Waals surface area contributed by atoms with Crippen molar-refractivity contribution in [3.05, 3.63) is 65.6 Å². The Morgan fingerprint density at radius 1 is 1.17 bits per heavy atom. The molecule has 3 rings (SSSR count). The minimum Gasteiger partial charge on any atom is -0.334 e. The number of aryl methyl sites for hydroxylation is 1. The van der Waals surface area contributed by atoms with Crippen LogP contribution < -0.4 is 10.6 Å². The molecule has 3 aromatic rings. The number of nitrogens with one attached hydrogen (secondary N) is 2. The number of carbonyl (C=O) groups is 1. The monoisotopic (exact) mass is 341 g/mol. The smallest absolute Gasteiger partial charge is 0.319 e. The first-order valence-electron chi connectivity index (χ1n) is 7.34. The molecular weight excluding hydrogens is 326 g/mol. The summed E-state index contributed by atoms with van der Waals surface area (Å²) in [5, 5.41) is 10.3.